The number of nitrogens with two attached hydrogens (primary N) is 1. The monoisotopic (exact) mass is 202 g/mol. The zero-order valence-electron chi connectivity index (χ0n) is 8.05. The Morgan fingerprint density at radius 3 is 2.80 bits per heavy atom. The fraction of sp³-hybridized carbons (Fsp3) is 0.300. The highest BCUT2D eigenvalue weighted by molar-refractivity contribution is 5.47. The summed E-state index contributed by atoms with van der Waals surface area (Å²) < 4.78 is 5.22. The second kappa shape index (κ2) is 3.05. The van der Waals surface area contributed by atoms with E-state index in [9.17, 15) is 0 Å². The Kier molecular flexibility index (Phi) is 1.71. The van der Waals surface area contributed by atoms with Crippen LogP contribution in [0.2, 0.25) is 0 Å². The minimum Gasteiger partial charge on any atom is -0.461 e. The second-order valence-corrected chi connectivity index (χ2v) is 3.63. The highest BCUT2D eigenvalue weighted by Crippen LogP contribution is 2.38. The lowest BCUT2D eigenvalue weighted by Crippen LogP contribution is -2.03. The van der Waals surface area contributed by atoms with E-state index in [2.05, 4.69) is 15.0 Å². The third-order valence-electron chi connectivity index (χ3n) is 2.35. The van der Waals surface area contributed by atoms with Crippen molar-refractivity contribution in [1.82, 2.24) is 15.0 Å². The molecule has 2 aromatic rings. The summed E-state index contributed by atoms with van der Waals surface area (Å²) in [5.74, 6) is 2.66. The summed E-state index contributed by atoms with van der Waals surface area (Å²) in [4.78, 5) is 12.5. The number of rotatable bonds is 2. The van der Waals surface area contributed by atoms with Gasteiger partial charge in [0.1, 0.15) is 5.82 Å². The van der Waals surface area contributed by atoms with Crippen LogP contribution in [0.4, 0.5) is 5.95 Å². The Labute approximate surface area is 86.4 Å². The predicted octanol–water partition coefficient (Wildman–Crippen LogP) is 1.59. The number of nitrogens with zero attached hydrogens (tertiary/aromatic N) is 3. The van der Waals surface area contributed by atoms with Gasteiger partial charge < -0.3 is 10.2 Å². The molecule has 0 aromatic carbocycles. The fourth-order valence-corrected chi connectivity index (χ4v) is 1.45. The van der Waals surface area contributed by atoms with Crippen molar-refractivity contribution in [3.8, 4) is 11.6 Å². The highest BCUT2D eigenvalue weighted by atomic mass is 16.3. The standard InChI is InChI=1S/C10H10N4O/c11-10-13-8(6-3-4-6)12-9(14-10)7-2-1-5-15-7/h1-2,5-6H,3-4H2,(H2,11,12,13,14). The SMILES string of the molecule is Nc1nc(-c2ccco2)nc(C2CC2)n1. The summed E-state index contributed by atoms with van der Waals surface area (Å²) in [6, 6.07) is 3.61. The molecule has 1 aliphatic carbocycles. The van der Waals surface area contributed by atoms with E-state index in [0.29, 0.717) is 17.5 Å². The molecule has 0 aliphatic heterocycles. The molecular formula is C10H10N4O. The molecule has 15 heavy (non-hydrogen) atoms. The molecule has 2 heterocycles. The number of hydrogen-bond donors (Lipinski definition) is 1. The third kappa shape index (κ3) is 1.56. The fourth-order valence-electron chi connectivity index (χ4n) is 1.45. The highest BCUT2D eigenvalue weighted by Gasteiger charge is 2.27. The first-order valence-electron chi connectivity index (χ1n) is 4.88. The normalized spacial score (nSPS) is 15.5. The number of hydrogen-bond acceptors (Lipinski definition) is 5. The van der Waals surface area contributed by atoms with Crippen molar-refractivity contribution >= 4 is 5.95 Å². The maximum atomic E-state index is 5.63. The van der Waals surface area contributed by atoms with E-state index in [4.69, 9.17) is 10.2 Å². The molecule has 3 rings (SSSR count). The van der Waals surface area contributed by atoms with Crippen molar-refractivity contribution in [2.75, 3.05) is 5.73 Å². The molecule has 76 valence electrons. The van der Waals surface area contributed by atoms with E-state index in [1.165, 1.54) is 0 Å². The van der Waals surface area contributed by atoms with Crippen LogP contribution in [0.3, 0.4) is 0 Å². The Hall–Kier alpha value is -1.91. The first-order valence-corrected chi connectivity index (χ1v) is 4.88. The van der Waals surface area contributed by atoms with E-state index in [0.717, 1.165) is 18.7 Å². The van der Waals surface area contributed by atoms with Crippen molar-refractivity contribution in [2.24, 2.45) is 0 Å². The van der Waals surface area contributed by atoms with E-state index >= 15 is 0 Å². The van der Waals surface area contributed by atoms with Crippen molar-refractivity contribution in [1.29, 1.82) is 0 Å². The lowest BCUT2D eigenvalue weighted by molar-refractivity contribution is 0.576. The number of anilines is 1. The number of furan rings is 1. The largest absolute Gasteiger partial charge is 0.461 e. The molecule has 5 nitrogen and oxygen atoms in total. The van der Waals surface area contributed by atoms with E-state index < -0.39 is 0 Å². The third-order valence-corrected chi connectivity index (χ3v) is 2.35. The van der Waals surface area contributed by atoms with E-state index in [-0.39, 0.29) is 5.95 Å². The Morgan fingerprint density at radius 2 is 2.13 bits per heavy atom. The smallest absolute Gasteiger partial charge is 0.223 e. The van der Waals surface area contributed by atoms with Crippen molar-refractivity contribution < 1.29 is 4.42 Å². The molecule has 0 saturated heterocycles. The molecule has 1 aliphatic rings. The van der Waals surface area contributed by atoms with Crippen LogP contribution in [-0.4, -0.2) is 15.0 Å². The van der Waals surface area contributed by atoms with Crippen LogP contribution in [0, 0.1) is 0 Å². The molecule has 5 heteroatoms. The molecule has 0 bridgehead atoms. The van der Waals surface area contributed by atoms with Gasteiger partial charge in [-0.15, -0.1) is 0 Å². The quantitative estimate of drug-likeness (QED) is 0.800. The maximum Gasteiger partial charge on any atom is 0.223 e. The van der Waals surface area contributed by atoms with Crippen LogP contribution in [0.25, 0.3) is 11.6 Å². The Balaban J connectivity index is 2.07. The zero-order valence-corrected chi connectivity index (χ0v) is 8.05. The van der Waals surface area contributed by atoms with Crippen LogP contribution in [-0.2, 0) is 0 Å². The first-order chi connectivity index (χ1) is 7.33. The predicted molar refractivity (Wildman–Crippen MR) is 53.9 cm³/mol. The zero-order chi connectivity index (χ0) is 10.3. The van der Waals surface area contributed by atoms with Gasteiger partial charge in [0.15, 0.2) is 5.76 Å². The van der Waals surface area contributed by atoms with Gasteiger partial charge in [0.05, 0.1) is 6.26 Å². The lowest BCUT2D eigenvalue weighted by Gasteiger charge is -2.00. The van der Waals surface area contributed by atoms with Crippen LogP contribution < -0.4 is 5.73 Å². The van der Waals surface area contributed by atoms with Gasteiger partial charge in [-0.1, -0.05) is 0 Å². The van der Waals surface area contributed by atoms with E-state index in [1.54, 1.807) is 12.3 Å². The topological polar surface area (TPSA) is 77.8 Å². The average Bonchev–Trinajstić information content (AvgIpc) is 2.93. The first kappa shape index (κ1) is 8.40. The molecule has 1 saturated carbocycles. The van der Waals surface area contributed by atoms with Crippen LogP contribution in [0.15, 0.2) is 22.8 Å². The molecule has 2 N–H and O–H groups in total. The van der Waals surface area contributed by atoms with Gasteiger partial charge in [-0.2, -0.15) is 9.97 Å². The van der Waals surface area contributed by atoms with Crippen molar-refractivity contribution in [2.45, 2.75) is 18.8 Å². The van der Waals surface area contributed by atoms with Gasteiger partial charge in [-0.05, 0) is 25.0 Å². The number of aromatic nitrogens is 3. The van der Waals surface area contributed by atoms with Crippen LogP contribution in [0.5, 0.6) is 0 Å². The molecule has 0 amide bonds. The minimum absolute atomic E-state index is 0.262. The average molecular weight is 202 g/mol. The summed E-state index contributed by atoms with van der Waals surface area (Å²) >= 11 is 0. The van der Waals surface area contributed by atoms with Crippen LogP contribution in [0.1, 0.15) is 24.6 Å². The van der Waals surface area contributed by atoms with Crippen molar-refractivity contribution in [3.05, 3.63) is 24.2 Å². The minimum atomic E-state index is 0.262. The summed E-state index contributed by atoms with van der Waals surface area (Å²) in [5, 5.41) is 0. The van der Waals surface area contributed by atoms with Gasteiger partial charge in [0, 0.05) is 5.92 Å². The summed E-state index contributed by atoms with van der Waals surface area (Å²) in [5.41, 5.74) is 5.63. The number of nitrogen functional groups attached to an aromatic ring is 1. The molecule has 0 spiro atoms. The molecule has 1 fully saturated rings. The second-order valence-electron chi connectivity index (χ2n) is 3.63. The lowest BCUT2D eigenvalue weighted by atomic mass is 10.3. The molecular weight excluding hydrogens is 192 g/mol. The Bertz CT molecular complexity index is 476. The van der Waals surface area contributed by atoms with Gasteiger partial charge in [-0.3, -0.25) is 0 Å². The van der Waals surface area contributed by atoms with Gasteiger partial charge >= 0.3 is 0 Å². The molecule has 0 radical (unpaired) electrons. The van der Waals surface area contributed by atoms with Gasteiger partial charge in [-0.25, -0.2) is 4.98 Å². The van der Waals surface area contributed by atoms with Gasteiger partial charge in [0.2, 0.25) is 11.8 Å². The molecule has 2 aromatic heterocycles. The summed E-state index contributed by atoms with van der Waals surface area (Å²) in [6.45, 7) is 0. The van der Waals surface area contributed by atoms with E-state index in [1.807, 2.05) is 6.07 Å². The molecule has 0 unspecified atom stereocenters. The molecule has 0 atom stereocenters. The maximum absolute atomic E-state index is 5.63. The van der Waals surface area contributed by atoms with Crippen LogP contribution >= 0.6 is 0 Å². The summed E-state index contributed by atoms with van der Waals surface area (Å²) in [6.07, 6.45) is 3.87. The van der Waals surface area contributed by atoms with Gasteiger partial charge in [0.25, 0.3) is 0 Å². The Morgan fingerprint density at radius 1 is 1.27 bits per heavy atom. The van der Waals surface area contributed by atoms with Crippen molar-refractivity contribution in [3.63, 3.8) is 0 Å². The summed E-state index contributed by atoms with van der Waals surface area (Å²) in [7, 11) is 0.